The molecule has 1 saturated heterocycles. The number of rotatable bonds is 1. The van der Waals surface area contributed by atoms with Gasteiger partial charge in [-0.3, -0.25) is 4.79 Å². The van der Waals surface area contributed by atoms with E-state index in [0.717, 1.165) is 19.4 Å². The van der Waals surface area contributed by atoms with Gasteiger partial charge in [-0.15, -0.1) is 0 Å². The summed E-state index contributed by atoms with van der Waals surface area (Å²) in [6.07, 6.45) is 1.81. The van der Waals surface area contributed by atoms with Crippen LogP contribution < -0.4 is 5.73 Å². The van der Waals surface area contributed by atoms with Crippen molar-refractivity contribution in [3.63, 3.8) is 0 Å². The van der Waals surface area contributed by atoms with E-state index in [4.69, 9.17) is 10.8 Å². The zero-order chi connectivity index (χ0) is 8.69. The molecule has 4 nitrogen and oxygen atoms in total. The predicted octanol–water partition coefficient (Wildman–Crippen LogP) is -0.824. The molecular formula is C7H16N2O2. The monoisotopic (exact) mass is 160 g/mol. The number of carbonyl (C=O) groups is 1. The van der Waals surface area contributed by atoms with E-state index in [1.807, 2.05) is 7.05 Å². The molecule has 1 heterocycles. The Morgan fingerprint density at radius 2 is 2.27 bits per heavy atom. The zero-order valence-corrected chi connectivity index (χ0v) is 6.92. The molecule has 0 aliphatic carbocycles. The molecule has 4 heteroatoms. The van der Waals surface area contributed by atoms with Gasteiger partial charge in [0, 0.05) is 26.6 Å². The molecule has 3 N–H and O–H groups in total. The lowest BCUT2D eigenvalue weighted by Crippen LogP contribution is -2.17. The highest BCUT2D eigenvalue weighted by molar-refractivity contribution is 5.77. The fourth-order valence-corrected chi connectivity index (χ4v) is 0.783. The molecule has 0 aromatic heterocycles. The van der Waals surface area contributed by atoms with Crippen LogP contribution in [-0.4, -0.2) is 42.7 Å². The minimum absolute atomic E-state index is 0.0972. The van der Waals surface area contributed by atoms with Gasteiger partial charge in [0.2, 0.25) is 5.91 Å². The van der Waals surface area contributed by atoms with E-state index in [9.17, 15) is 4.79 Å². The molecule has 0 aromatic carbocycles. The molecule has 11 heavy (non-hydrogen) atoms. The van der Waals surface area contributed by atoms with E-state index in [-0.39, 0.29) is 6.61 Å². The van der Waals surface area contributed by atoms with Crippen LogP contribution in [-0.2, 0) is 4.79 Å². The van der Waals surface area contributed by atoms with Crippen LogP contribution in [0.1, 0.15) is 12.8 Å². The van der Waals surface area contributed by atoms with Crippen molar-refractivity contribution in [2.45, 2.75) is 12.8 Å². The molecule has 1 fully saturated rings. The third kappa shape index (κ3) is 4.75. The van der Waals surface area contributed by atoms with Gasteiger partial charge in [-0.1, -0.05) is 0 Å². The molecule has 0 atom stereocenters. The summed E-state index contributed by atoms with van der Waals surface area (Å²) in [5.74, 6) is 0.292. The van der Waals surface area contributed by atoms with E-state index in [0.29, 0.717) is 12.5 Å². The molecule has 0 aromatic rings. The van der Waals surface area contributed by atoms with E-state index in [1.54, 1.807) is 4.90 Å². The normalized spacial score (nSPS) is 16.3. The lowest BCUT2D eigenvalue weighted by Gasteiger charge is -2.03. The van der Waals surface area contributed by atoms with E-state index in [1.165, 1.54) is 0 Å². The molecular weight excluding hydrogens is 144 g/mol. The average Bonchev–Trinajstić information content (AvgIpc) is 2.37. The van der Waals surface area contributed by atoms with E-state index < -0.39 is 0 Å². The van der Waals surface area contributed by atoms with Gasteiger partial charge in [0.05, 0.1) is 6.61 Å². The number of aliphatic hydroxyl groups is 1. The summed E-state index contributed by atoms with van der Waals surface area (Å²) in [4.78, 5) is 12.3. The van der Waals surface area contributed by atoms with Gasteiger partial charge in [0.1, 0.15) is 0 Å². The molecule has 1 aliphatic heterocycles. The first-order valence-electron chi connectivity index (χ1n) is 3.77. The van der Waals surface area contributed by atoms with Crippen LogP contribution in [0.3, 0.4) is 0 Å². The topological polar surface area (TPSA) is 66.6 Å². The first-order chi connectivity index (χ1) is 5.22. The Bertz CT molecular complexity index is 115. The van der Waals surface area contributed by atoms with Crippen LogP contribution in [0.25, 0.3) is 0 Å². The molecule has 0 radical (unpaired) electrons. The standard InChI is InChI=1S/C5H9NO.C2H7NO/c1-6-4-2-3-5(6)7;3-1-2-4/h2-4H2,1H3;4H,1-3H2. The summed E-state index contributed by atoms with van der Waals surface area (Å²) >= 11 is 0. The van der Waals surface area contributed by atoms with E-state index >= 15 is 0 Å². The molecule has 66 valence electrons. The summed E-state index contributed by atoms with van der Waals surface area (Å²) in [6, 6.07) is 0. The third-order valence-electron chi connectivity index (χ3n) is 1.44. The highest BCUT2D eigenvalue weighted by Gasteiger charge is 2.14. The number of nitrogens with two attached hydrogens (primary N) is 1. The second kappa shape index (κ2) is 6.12. The lowest BCUT2D eigenvalue weighted by molar-refractivity contribution is -0.126. The second-order valence-electron chi connectivity index (χ2n) is 2.43. The summed E-state index contributed by atoms with van der Waals surface area (Å²) in [7, 11) is 1.84. The van der Waals surface area contributed by atoms with Crippen LogP contribution in [0, 0.1) is 0 Å². The van der Waals surface area contributed by atoms with Gasteiger partial charge in [0.25, 0.3) is 0 Å². The van der Waals surface area contributed by atoms with Crippen molar-refractivity contribution in [3.8, 4) is 0 Å². The number of carbonyl (C=O) groups excluding carboxylic acids is 1. The highest BCUT2D eigenvalue weighted by atomic mass is 16.3. The molecule has 0 bridgehead atoms. The van der Waals surface area contributed by atoms with Crippen molar-refractivity contribution in [1.82, 2.24) is 4.90 Å². The highest BCUT2D eigenvalue weighted by Crippen LogP contribution is 2.04. The van der Waals surface area contributed by atoms with Crippen LogP contribution in [0.15, 0.2) is 0 Å². The van der Waals surface area contributed by atoms with Crippen LogP contribution in [0.5, 0.6) is 0 Å². The van der Waals surface area contributed by atoms with Gasteiger partial charge in [-0.2, -0.15) is 0 Å². The van der Waals surface area contributed by atoms with Crippen LogP contribution in [0.4, 0.5) is 0 Å². The quantitative estimate of drug-likeness (QED) is 0.526. The Balaban J connectivity index is 0.000000218. The number of hydrogen-bond acceptors (Lipinski definition) is 3. The summed E-state index contributed by atoms with van der Waals surface area (Å²) in [6.45, 7) is 1.43. The molecule has 1 aliphatic rings. The van der Waals surface area contributed by atoms with Gasteiger partial charge in [0.15, 0.2) is 0 Å². The van der Waals surface area contributed by atoms with Crippen molar-refractivity contribution in [3.05, 3.63) is 0 Å². The summed E-state index contributed by atoms with van der Waals surface area (Å²) in [5.41, 5.74) is 4.78. The number of amides is 1. The smallest absolute Gasteiger partial charge is 0.222 e. The molecule has 1 rings (SSSR count). The number of hydrogen-bond donors (Lipinski definition) is 2. The Morgan fingerprint density at radius 1 is 1.73 bits per heavy atom. The predicted molar refractivity (Wildman–Crippen MR) is 43.0 cm³/mol. The van der Waals surface area contributed by atoms with Crippen molar-refractivity contribution in [1.29, 1.82) is 0 Å². The van der Waals surface area contributed by atoms with Crippen molar-refractivity contribution >= 4 is 5.91 Å². The summed E-state index contributed by atoms with van der Waals surface area (Å²) in [5, 5.41) is 7.75. The average molecular weight is 160 g/mol. The largest absolute Gasteiger partial charge is 0.395 e. The van der Waals surface area contributed by atoms with Crippen molar-refractivity contribution in [2.24, 2.45) is 5.73 Å². The van der Waals surface area contributed by atoms with Gasteiger partial charge >= 0.3 is 0 Å². The molecule has 0 saturated carbocycles. The minimum Gasteiger partial charge on any atom is -0.395 e. The molecule has 0 unspecified atom stereocenters. The summed E-state index contributed by atoms with van der Waals surface area (Å²) < 4.78 is 0. The first-order valence-corrected chi connectivity index (χ1v) is 3.77. The fourth-order valence-electron chi connectivity index (χ4n) is 0.783. The Hall–Kier alpha value is -0.610. The third-order valence-corrected chi connectivity index (χ3v) is 1.44. The maximum Gasteiger partial charge on any atom is 0.222 e. The van der Waals surface area contributed by atoms with Crippen LogP contribution in [0.2, 0.25) is 0 Å². The maximum atomic E-state index is 10.5. The lowest BCUT2D eigenvalue weighted by atomic mass is 10.4. The van der Waals surface area contributed by atoms with Crippen molar-refractivity contribution in [2.75, 3.05) is 26.7 Å². The number of aliphatic hydroxyl groups excluding tert-OH is 1. The Morgan fingerprint density at radius 3 is 2.36 bits per heavy atom. The van der Waals surface area contributed by atoms with Gasteiger partial charge in [-0.05, 0) is 6.42 Å². The Labute approximate surface area is 67.0 Å². The first kappa shape index (κ1) is 10.4. The maximum absolute atomic E-state index is 10.5. The molecule has 0 spiro atoms. The minimum atomic E-state index is 0.0972. The molecule has 1 amide bonds. The van der Waals surface area contributed by atoms with Crippen LogP contribution >= 0.6 is 0 Å². The Kier molecular flexibility index (Phi) is 5.78. The van der Waals surface area contributed by atoms with E-state index in [2.05, 4.69) is 0 Å². The van der Waals surface area contributed by atoms with Gasteiger partial charge < -0.3 is 15.7 Å². The zero-order valence-electron chi connectivity index (χ0n) is 6.92. The second-order valence-corrected chi connectivity index (χ2v) is 2.43. The number of nitrogens with zero attached hydrogens (tertiary/aromatic N) is 1. The van der Waals surface area contributed by atoms with Gasteiger partial charge in [-0.25, -0.2) is 0 Å². The number of likely N-dealkylation sites (tertiary alicyclic amines) is 1. The van der Waals surface area contributed by atoms with Crippen molar-refractivity contribution < 1.29 is 9.90 Å². The fraction of sp³-hybridized carbons (Fsp3) is 0.857. The SMILES string of the molecule is CN1CCCC1=O.NCCO.